The molecule has 1 amide bonds. The first-order valence-electron chi connectivity index (χ1n) is 7.01. The minimum absolute atomic E-state index is 0.110. The monoisotopic (exact) mass is 388 g/mol. The molecule has 0 aliphatic heterocycles. The summed E-state index contributed by atoms with van der Waals surface area (Å²) >= 11 is 17.7. The molecule has 1 aromatic carbocycles. The molecule has 1 heterocycles. The fraction of sp³-hybridized carbons (Fsp3) is 0.250. The summed E-state index contributed by atoms with van der Waals surface area (Å²) in [6.45, 7) is 3.46. The minimum atomic E-state index is -0.392. The van der Waals surface area contributed by atoms with Gasteiger partial charge in [0, 0.05) is 23.9 Å². The van der Waals surface area contributed by atoms with Crippen LogP contribution in [0.15, 0.2) is 23.0 Å². The largest absolute Gasteiger partial charge is 0.482 e. The first-order valence-corrected chi connectivity index (χ1v) is 8.14. The summed E-state index contributed by atoms with van der Waals surface area (Å²) in [4.78, 5) is 26.5. The van der Waals surface area contributed by atoms with Crippen LogP contribution in [0.4, 0.5) is 0 Å². The van der Waals surface area contributed by atoms with Gasteiger partial charge in [-0.1, -0.05) is 34.8 Å². The molecular formula is C16H15Cl3N2O3. The standard InChI is InChI=1S/C16H15Cl3N2O3/c1-8-3-9(2)21-16(23)10(8)6-20-15(22)7-24-14-5-12(18)11(17)4-13(14)19/h3-5H,6-7H2,1-2H3,(H,20,22)(H,21,23). The second-order valence-corrected chi connectivity index (χ2v) is 6.43. The van der Waals surface area contributed by atoms with Crippen LogP contribution in [-0.4, -0.2) is 17.5 Å². The molecule has 0 fully saturated rings. The van der Waals surface area contributed by atoms with Gasteiger partial charge in [0.15, 0.2) is 6.61 Å². The average molecular weight is 390 g/mol. The third-order valence-corrected chi connectivity index (χ3v) is 4.31. The predicted molar refractivity (Wildman–Crippen MR) is 95.4 cm³/mol. The van der Waals surface area contributed by atoms with E-state index in [2.05, 4.69) is 10.3 Å². The van der Waals surface area contributed by atoms with Crippen LogP contribution in [0.25, 0.3) is 0 Å². The molecule has 8 heteroatoms. The molecule has 0 saturated carbocycles. The Morgan fingerprint density at radius 2 is 1.79 bits per heavy atom. The molecule has 0 radical (unpaired) electrons. The van der Waals surface area contributed by atoms with Gasteiger partial charge < -0.3 is 15.0 Å². The van der Waals surface area contributed by atoms with Crippen LogP contribution in [0.3, 0.4) is 0 Å². The van der Waals surface area contributed by atoms with Crippen LogP contribution in [0, 0.1) is 13.8 Å². The van der Waals surface area contributed by atoms with Gasteiger partial charge in [0.25, 0.3) is 11.5 Å². The number of rotatable bonds is 5. The quantitative estimate of drug-likeness (QED) is 0.767. The number of halogens is 3. The number of amides is 1. The zero-order valence-electron chi connectivity index (χ0n) is 13.0. The molecule has 5 nitrogen and oxygen atoms in total. The number of benzene rings is 1. The summed E-state index contributed by atoms with van der Waals surface area (Å²) in [6.07, 6.45) is 0. The maximum Gasteiger partial charge on any atom is 0.258 e. The minimum Gasteiger partial charge on any atom is -0.482 e. The molecule has 0 aliphatic rings. The lowest BCUT2D eigenvalue weighted by atomic mass is 10.1. The highest BCUT2D eigenvalue weighted by Gasteiger charge is 2.11. The van der Waals surface area contributed by atoms with Crippen LogP contribution in [0.5, 0.6) is 5.75 Å². The number of nitrogens with one attached hydrogen (secondary N) is 2. The number of H-pyrrole nitrogens is 1. The molecule has 2 rings (SSSR count). The lowest BCUT2D eigenvalue weighted by Crippen LogP contribution is -2.31. The molecule has 0 aliphatic carbocycles. The second-order valence-electron chi connectivity index (χ2n) is 5.21. The summed E-state index contributed by atoms with van der Waals surface area (Å²) < 4.78 is 5.33. The van der Waals surface area contributed by atoms with E-state index in [4.69, 9.17) is 39.5 Å². The average Bonchev–Trinajstić information content (AvgIpc) is 2.48. The van der Waals surface area contributed by atoms with Crippen molar-refractivity contribution in [3.8, 4) is 5.75 Å². The van der Waals surface area contributed by atoms with Crippen molar-refractivity contribution >= 4 is 40.7 Å². The number of pyridine rings is 1. The Hall–Kier alpha value is -1.69. The fourth-order valence-electron chi connectivity index (χ4n) is 2.10. The van der Waals surface area contributed by atoms with Gasteiger partial charge in [-0.3, -0.25) is 9.59 Å². The molecule has 1 aromatic heterocycles. The SMILES string of the molecule is Cc1cc(C)c(CNC(=O)COc2cc(Cl)c(Cl)cc2Cl)c(=O)[nH]1. The van der Waals surface area contributed by atoms with E-state index in [1.807, 2.05) is 13.0 Å². The normalized spacial score (nSPS) is 10.5. The Bertz CT molecular complexity index is 834. The number of hydrogen-bond acceptors (Lipinski definition) is 3. The third-order valence-electron chi connectivity index (χ3n) is 3.29. The van der Waals surface area contributed by atoms with E-state index in [1.165, 1.54) is 12.1 Å². The molecule has 0 spiro atoms. The van der Waals surface area contributed by atoms with Gasteiger partial charge in [-0.15, -0.1) is 0 Å². The van der Waals surface area contributed by atoms with Crippen molar-refractivity contribution in [2.75, 3.05) is 6.61 Å². The highest BCUT2D eigenvalue weighted by molar-refractivity contribution is 6.43. The number of aromatic amines is 1. The van der Waals surface area contributed by atoms with Crippen molar-refractivity contribution in [2.45, 2.75) is 20.4 Å². The highest BCUT2D eigenvalue weighted by Crippen LogP contribution is 2.33. The molecule has 24 heavy (non-hydrogen) atoms. The Balaban J connectivity index is 1.95. The van der Waals surface area contributed by atoms with Gasteiger partial charge >= 0.3 is 0 Å². The summed E-state index contributed by atoms with van der Waals surface area (Å²) in [5.74, 6) is -0.137. The summed E-state index contributed by atoms with van der Waals surface area (Å²) in [7, 11) is 0. The lowest BCUT2D eigenvalue weighted by molar-refractivity contribution is -0.123. The maximum atomic E-state index is 11.9. The maximum absolute atomic E-state index is 11.9. The molecule has 0 unspecified atom stereocenters. The van der Waals surface area contributed by atoms with E-state index < -0.39 is 5.91 Å². The Morgan fingerprint density at radius 3 is 2.46 bits per heavy atom. The van der Waals surface area contributed by atoms with E-state index >= 15 is 0 Å². The van der Waals surface area contributed by atoms with Crippen molar-refractivity contribution in [2.24, 2.45) is 0 Å². The summed E-state index contributed by atoms with van der Waals surface area (Å²) in [5.41, 5.74) is 1.86. The molecule has 2 N–H and O–H groups in total. The smallest absolute Gasteiger partial charge is 0.258 e. The summed E-state index contributed by atoms with van der Waals surface area (Å²) in [6, 6.07) is 4.72. The van der Waals surface area contributed by atoms with Gasteiger partial charge in [-0.2, -0.15) is 0 Å². The Morgan fingerprint density at radius 1 is 1.12 bits per heavy atom. The molecule has 128 valence electrons. The number of hydrogen-bond donors (Lipinski definition) is 2. The van der Waals surface area contributed by atoms with Gasteiger partial charge in [0.2, 0.25) is 0 Å². The van der Waals surface area contributed by atoms with Crippen molar-refractivity contribution < 1.29 is 9.53 Å². The number of aryl methyl sites for hydroxylation is 2. The molecule has 0 bridgehead atoms. The zero-order chi connectivity index (χ0) is 17.9. The predicted octanol–water partition coefficient (Wildman–Crippen LogP) is 3.65. The van der Waals surface area contributed by atoms with Crippen molar-refractivity contribution in [1.29, 1.82) is 0 Å². The van der Waals surface area contributed by atoms with Crippen LogP contribution in [0.1, 0.15) is 16.8 Å². The molecule has 2 aromatic rings. The third kappa shape index (κ3) is 4.66. The number of aromatic nitrogens is 1. The van der Waals surface area contributed by atoms with Crippen LogP contribution in [0.2, 0.25) is 15.1 Å². The van der Waals surface area contributed by atoms with E-state index in [-0.39, 0.29) is 34.5 Å². The topological polar surface area (TPSA) is 71.2 Å². The Labute approximate surface area is 153 Å². The van der Waals surface area contributed by atoms with Gasteiger partial charge in [0.1, 0.15) is 5.75 Å². The van der Waals surface area contributed by atoms with Crippen molar-refractivity contribution in [1.82, 2.24) is 10.3 Å². The van der Waals surface area contributed by atoms with Crippen LogP contribution < -0.4 is 15.6 Å². The van der Waals surface area contributed by atoms with Crippen LogP contribution in [-0.2, 0) is 11.3 Å². The zero-order valence-corrected chi connectivity index (χ0v) is 15.3. The molecular weight excluding hydrogens is 375 g/mol. The Kier molecular flexibility index (Phi) is 6.15. The van der Waals surface area contributed by atoms with E-state index in [9.17, 15) is 9.59 Å². The van der Waals surface area contributed by atoms with Crippen molar-refractivity contribution in [3.63, 3.8) is 0 Å². The summed E-state index contributed by atoms with van der Waals surface area (Å²) in [5, 5.41) is 3.46. The lowest BCUT2D eigenvalue weighted by Gasteiger charge is -2.11. The molecule has 0 atom stereocenters. The number of carbonyl (C=O) groups excluding carboxylic acids is 1. The first kappa shape index (κ1) is 18.6. The van der Waals surface area contributed by atoms with E-state index in [1.54, 1.807) is 6.92 Å². The van der Waals surface area contributed by atoms with E-state index in [0.717, 1.165) is 11.3 Å². The first-order chi connectivity index (χ1) is 11.3. The van der Waals surface area contributed by atoms with Gasteiger partial charge in [0.05, 0.1) is 15.1 Å². The highest BCUT2D eigenvalue weighted by atomic mass is 35.5. The van der Waals surface area contributed by atoms with E-state index in [0.29, 0.717) is 10.6 Å². The second kappa shape index (κ2) is 7.92. The number of ether oxygens (including phenoxy) is 1. The number of carbonyl (C=O) groups is 1. The van der Waals surface area contributed by atoms with Crippen LogP contribution >= 0.6 is 34.8 Å². The van der Waals surface area contributed by atoms with Crippen molar-refractivity contribution in [3.05, 3.63) is 60.4 Å². The fourth-order valence-corrected chi connectivity index (χ4v) is 2.69. The van der Waals surface area contributed by atoms with Gasteiger partial charge in [-0.05, 0) is 31.5 Å². The molecule has 0 saturated heterocycles. The van der Waals surface area contributed by atoms with Gasteiger partial charge in [-0.25, -0.2) is 0 Å².